The maximum atomic E-state index is 4.46. The third-order valence-electron chi connectivity index (χ3n) is 2.11. The van der Waals surface area contributed by atoms with Crippen LogP contribution in [0.25, 0.3) is 4.91 Å². The average molecular weight is 192 g/mol. The summed E-state index contributed by atoms with van der Waals surface area (Å²) in [6.45, 7) is 6.32. The summed E-state index contributed by atoms with van der Waals surface area (Å²) < 4.78 is 0. The van der Waals surface area contributed by atoms with Gasteiger partial charge in [-0.25, -0.2) is 0 Å². The van der Waals surface area contributed by atoms with E-state index in [9.17, 15) is 0 Å². The van der Waals surface area contributed by atoms with E-state index in [2.05, 4.69) is 57.7 Å². The van der Waals surface area contributed by atoms with Crippen LogP contribution in [-0.4, -0.2) is 0 Å². The summed E-state index contributed by atoms with van der Waals surface area (Å²) in [4.78, 5) is 1.09. The van der Waals surface area contributed by atoms with Crippen LogP contribution in [0.5, 0.6) is 0 Å². The van der Waals surface area contributed by atoms with Crippen molar-refractivity contribution in [3.63, 3.8) is 0 Å². The first-order valence-corrected chi connectivity index (χ1v) is 5.05. The molecule has 0 aliphatic rings. The van der Waals surface area contributed by atoms with Crippen molar-refractivity contribution in [3.8, 4) is 0 Å². The summed E-state index contributed by atoms with van der Waals surface area (Å²) in [5.41, 5.74) is 3.84. The van der Waals surface area contributed by atoms with Crippen LogP contribution in [-0.2, 0) is 6.42 Å². The Bertz CT molecular complexity index is 302. The topological polar surface area (TPSA) is 0 Å². The van der Waals surface area contributed by atoms with Crippen molar-refractivity contribution in [1.82, 2.24) is 0 Å². The largest absolute Gasteiger partial charge is 0.143 e. The number of benzene rings is 1. The first-order chi connectivity index (χ1) is 6.15. The van der Waals surface area contributed by atoms with Crippen LogP contribution >= 0.6 is 12.6 Å². The van der Waals surface area contributed by atoms with E-state index in [1.165, 1.54) is 16.7 Å². The van der Waals surface area contributed by atoms with E-state index in [4.69, 9.17) is 0 Å². The molecule has 0 atom stereocenters. The number of aryl methyl sites for hydroxylation is 1. The van der Waals surface area contributed by atoms with Gasteiger partial charge in [0.1, 0.15) is 0 Å². The second-order valence-electron chi connectivity index (χ2n) is 3.40. The number of hydrogen-bond donors (Lipinski definition) is 1. The third kappa shape index (κ3) is 2.63. The highest BCUT2D eigenvalue weighted by Gasteiger charge is 1.97. The first-order valence-electron chi connectivity index (χ1n) is 4.61. The monoisotopic (exact) mass is 192 g/mol. The highest BCUT2D eigenvalue weighted by Crippen LogP contribution is 2.22. The van der Waals surface area contributed by atoms with Crippen LogP contribution in [0.15, 0.2) is 29.8 Å². The van der Waals surface area contributed by atoms with Crippen molar-refractivity contribution in [2.75, 3.05) is 0 Å². The van der Waals surface area contributed by atoms with Gasteiger partial charge >= 0.3 is 0 Å². The molecule has 0 heterocycles. The smallest absolute Gasteiger partial charge is 0.00989 e. The minimum absolute atomic E-state index is 1.09. The zero-order valence-electron chi connectivity index (χ0n) is 8.46. The lowest BCUT2D eigenvalue weighted by molar-refractivity contribution is 1.14. The maximum Gasteiger partial charge on any atom is 0.00989 e. The van der Waals surface area contributed by atoms with Crippen molar-refractivity contribution >= 4 is 17.5 Å². The summed E-state index contributed by atoms with van der Waals surface area (Å²) in [6.07, 6.45) is 1.09. The molecule has 0 fully saturated rings. The van der Waals surface area contributed by atoms with Gasteiger partial charge < -0.3 is 0 Å². The number of rotatable bonds is 2. The van der Waals surface area contributed by atoms with E-state index in [1.54, 1.807) is 0 Å². The van der Waals surface area contributed by atoms with E-state index >= 15 is 0 Å². The number of thiol groups is 1. The Kier molecular flexibility index (Phi) is 3.61. The lowest BCUT2D eigenvalue weighted by atomic mass is 10.1. The lowest BCUT2D eigenvalue weighted by Gasteiger charge is -2.04. The van der Waals surface area contributed by atoms with Crippen LogP contribution in [0.1, 0.15) is 31.9 Å². The van der Waals surface area contributed by atoms with Gasteiger partial charge in [0.2, 0.25) is 0 Å². The Morgan fingerprint density at radius 2 is 1.69 bits per heavy atom. The Labute approximate surface area is 86.1 Å². The number of hydrogen-bond acceptors (Lipinski definition) is 1. The molecule has 70 valence electrons. The van der Waals surface area contributed by atoms with Gasteiger partial charge in [0, 0.05) is 4.91 Å². The van der Waals surface area contributed by atoms with Gasteiger partial charge in [-0.15, -0.1) is 12.6 Å². The molecule has 0 nitrogen and oxygen atoms in total. The van der Waals surface area contributed by atoms with Gasteiger partial charge in [-0.05, 0) is 31.4 Å². The summed E-state index contributed by atoms with van der Waals surface area (Å²) in [6, 6.07) is 8.59. The molecule has 13 heavy (non-hydrogen) atoms. The fourth-order valence-corrected chi connectivity index (χ4v) is 1.34. The molecular weight excluding hydrogens is 176 g/mol. The molecule has 0 spiro atoms. The molecule has 0 saturated carbocycles. The zero-order chi connectivity index (χ0) is 9.84. The van der Waals surface area contributed by atoms with Gasteiger partial charge in [0.05, 0.1) is 0 Å². The van der Waals surface area contributed by atoms with Gasteiger partial charge in [-0.1, -0.05) is 36.8 Å². The fourth-order valence-electron chi connectivity index (χ4n) is 1.19. The molecule has 0 N–H and O–H groups in total. The molecule has 1 aromatic rings. The van der Waals surface area contributed by atoms with Crippen LogP contribution < -0.4 is 0 Å². The molecule has 0 aliphatic carbocycles. The van der Waals surface area contributed by atoms with Gasteiger partial charge in [0.25, 0.3) is 0 Å². The molecule has 0 bridgehead atoms. The highest BCUT2D eigenvalue weighted by molar-refractivity contribution is 7.90. The molecule has 0 saturated heterocycles. The van der Waals surface area contributed by atoms with Crippen molar-refractivity contribution in [2.45, 2.75) is 27.2 Å². The Morgan fingerprint density at radius 1 is 1.15 bits per heavy atom. The zero-order valence-corrected chi connectivity index (χ0v) is 9.36. The van der Waals surface area contributed by atoms with E-state index in [0.717, 1.165) is 11.3 Å². The third-order valence-corrected chi connectivity index (χ3v) is 2.81. The Morgan fingerprint density at radius 3 is 2.08 bits per heavy atom. The molecule has 0 amide bonds. The van der Waals surface area contributed by atoms with Gasteiger partial charge in [-0.2, -0.15) is 0 Å². The summed E-state index contributed by atoms with van der Waals surface area (Å²) >= 11 is 4.46. The Balaban J connectivity index is 2.99. The van der Waals surface area contributed by atoms with Crippen molar-refractivity contribution in [2.24, 2.45) is 0 Å². The second kappa shape index (κ2) is 4.52. The molecule has 1 heteroatoms. The van der Waals surface area contributed by atoms with Crippen LogP contribution in [0.2, 0.25) is 0 Å². The summed E-state index contributed by atoms with van der Waals surface area (Å²) in [7, 11) is 0. The minimum atomic E-state index is 1.09. The molecular formula is C12H16S. The van der Waals surface area contributed by atoms with E-state index in [-0.39, 0.29) is 0 Å². The first kappa shape index (κ1) is 10.4. The van der Waals surface area contributed by atoms with E-state index in [1.807, 2.05) is 0 Å². The normalized spacial score (nSPS) is 9.85. The van der Waals surface area contributed by atoms with Crippen molar-refractivity contribution < 1.29 is 0 Å². The quantitative estimate of drug-likeness (QED) is 0.674. The van der Waals surface area contributed by atoms with Crippen LogP contribution in [0.4, 0.5) is 0 Å². The number of allylic oxidation sites excluding steroid dienone is 1. The SMILES string of the molecule is CCc1ccc(C(S)=C(C)C)cc1. The van der Waals surface area contributed by atoms with Gasteiger partial charge in [-0.3, -0.25) is 0 Å². The predicted octanol–water partition coefficient (Wildman–Crippen LogP) is 3.93. The van der Waals surface area contributed by atoms with Crippen molar-refractivity contribution in [1.29, 1.82) is 0 Å². The van der Waals surface area contributed by atoms with E-state index < -0.39 is 0 Å². The fraction of sp³-hybridized carbons (Fsp3) is 0.333. The highest BCUT2D eigenvalue weighted by atomic mass is 32.1. The average Bonchev–Trinajstić information content (AvgIpc) is 2.17. The minimum Gasteiger partial charge on any atom is -0.143 e. The molecule has 0 aliphatic heterocycles. The second-order valence-corrected chi connectivity index (χ2v) is 3.85. The summed E-state index contributed by atoms with van der Waals surface area (Å²) in [5.74, 6) is 0. The van der Waals surface area contributed by atoms with Crippen LogP contribution in [0.3, 0.4) is 0 Å². The standard InChI is InChI=1S/C12H16S/c1-4-10-5-7-11(8-6-10)12(13)9(2)3/h5-8,13H,4H2,1-3H3. The molecule has 0 unspecified atom stereocenters. The van der Waals surface area contributed by atoms with Crippen LogP contribution in [0, 0.1) is 0 Å². The molecule has 0 radical (unpaired) electrons. The lowest BCUT2D eigenvalue weighted by Crippen LogP contribution is -1.83. The Hall–Kier alpha value is -0.690. The molecule has 0 aromatic heterocycles. The van der Waals surface area contributed by atoms with Crippen molar-refractivity contribution in [3.05, 3.63) is 41.0 Å². The molecule has 1 rings (SSSR count). The van der Waals surface area contributed by atoms with Gasteiger partial charge in [0.15, 0.2) is 0 Å². The summed E-state index contributed by atoms with van der Waals surface area (Å²) in [5, 5.41) is 0. The molecule has 1 aromatic carbocycles. The predicted molar refractivity (Wildman–Crippen MR) is 63.1 cm³/mol. The maximum absolute atomic E-state index is 4.46. The van der Waals surface area contributed by atoms with E-state index in [0.29, 0.717) is 0 Å².